The maximum atomic E-state index is 12.1. The number of nitrogens with one attached hydrogen (secondary N) is 1. The van der Waals surface area contributed by atoms with Crippen LogP contribution >= 0.6 is 0 Å². The Balaban J connectivity index is 1.58. The Labute approximate surface area is 137 Å². The van der Waals surface area contributed by atoms with E-state index >= 15 is 0 Å². The normalized spacial score (nSPS) is 13.5. The number of amides is 1. The minimum atomic E-state index is -4.72. The van der Waals surface area contributed by atoms with Crippen molar-refractivity contribution in [1.29, 1.82) is 0 Å². The molecule has 0 aromatic heterocycles. The van der Waals surface area contributed by atoms with Crippen molar-refractivity contribution in [3.63, 3.8) is 0 Å². The molecule has 3 rings (SSSR count). The van der Waals surface area contributed by atoms with Crippen molar-refractivity contribution in [2.45, 2.75) is 32.0 Å². The predicted molar refractivity (Wildman–Crippen MR) is 83.9 cm³/mol. The topological polar surface area (TPSA) is 38.3 Å². The standard InChI is InChI=1S/C18H16F3NO2/c19-18(20,21)24-16-8-6-15(7-9-16)22-17(23)11-12-4-5-13-2-1-3-14(13)10-12/h4-10H,1-3,11H2,(H,22,23). The number of rotatable bonds is 4. The number of anilines is 1. The van der Waals surface area contributed by atoms with E-state index in [1.165, 1.54) is 35.4 Å². The number of benzene rings is 2. The molecule has 126 valence electrons. The molecule has 6 heteroatoms. The minimum absolute atomic E-state index is 0.211. The molecule has 2 aromatic carbocycles. The number of aryl methyl sites for hydroxylation is 2. The molecule has 0 bridgehead atoms. The summed E-state index contributed by atoms with van der Waals surface area (Å²) in [7, 11) is 0. The van der Waals surface area contributed by atoms with Crippen LogP contribution in [0.5, 0.6) is 5.75 Å². The SMILES string of the molecule is O=C(Cc1ccc2c(c1)CCC2)Nc1ccc(OC(F)(F)F)cc1. The van der Waals surface area contributed by atoms with Crippen molar-refractivity contribution in [2.24, 2.45) is 0 Å². The number of carbonyl (C=O) groups excluding carboxylic acids is 1. The third-order valence-corrected chi connectivity index (χ3v) is 3.90. The number of hydrogen-bond acceptors (Lipinski definition) is 2. The molecule has 24 heavy (non-hydrogen) atoms. The summed E-state index contributed by atoms with van der Waals surface area (Å²) in [6, 6.07) is 11.2. The molecule has 0 heterocycles. The Morgan fingerprint density at radius 1 is 1.04 bits per heavy atom. The van der Waals surface area contributed by atoms with Crippen LogP contribution in [0.3, 0.4) is 0 Å². The van der Waals surface area contributed by atoms with Gasteiger partial charge in [0, 0.05) is 5.69 Å². The van der Waals surface area contributed by atoms with E-state index in [1.54, 1.807) is 0 Å². The lowest BCUT2D eigenvalue weighted by Crippen LogP contribution is -2.17. The molecule has 0 atom stereocenters. The fourth-order valence-electron chi connectivity index (χ4n) is 2.87. The molecule has 0 saturated heterocycles. The number of ether oxygens (including phenoxy) is 1. The summed E-state index contributed by atoms with van der Waals surface area (Å²) in [5, 5.41) is 2.67. The van der Waals surface area contributed by atoms with Gasteiger partial charge < -0.3 is 10.1 Å². The first-order chi connectivity index (χ1) is 11.4. The van der Waals surface area contributed by atoms with Gasteiger partial charge in [-0.15, -0.1) is 13.2 Å². The Kier molecular flexibility index (Phi) is 4.46. The second kappa shape index (κ2) is 6.55. The molecule has 2 aromatic rings. The van der Waals surface area contributed by atoms with Gasteiger partial charge in [-0.1, -0.05) is 18.2 Å². The van der Waals surface area contributed by atoms with Gasteiger partial charge in [-0.3, -0.25) is 4.79 Å². The van der Waals surface area contributed by atoms with Crippen LogP contribution in [0.2, 0.25) is 0 Å². The summed E-state index contributed by atoms with van der Waals surface area (Å²) in [6.45, 7) is 0. The molecule has 0 fully saturated rings. The number of hydrogen-bond donors (Lipinski definition) is 1. The maximum Gasteiger partial charge on any atom is 0.573 e. The second-order valence-corrected chi connectivity index (χ2v) is 5.75. The Hall–Kier alpha value is -2.50. The molecule has 0 aliphatic heterocycles. The van der Waals surface area contributed by atoms with Crippen LogP contribution in [0, 0.1) is 0 Å². The van der Waals surface area contributed by atoms with Gasteiger partial charge in [-0.25, -0.2) is 0 Å². The largest absolute Gasteiger partial charge is 0.573 e. The minimum Gasteiger partial charge on any atom is -0.406 e. The van der Waals surface area contributed by atoms with E-state index in [0.717, 1.165) is 24.8 Å². The van der Waals surface area contributed by atoms with Crippen LogP contribution in [-0.4, -0.2) is 12.3 Å². The lowest BCUT2D eigenvalue weighted by atomic mass is 10.0. The summed E-state index contributed by atoms with van der Waals surface area (Å²) in [5.41, 5.74) is 4.01. The number of carbonyl (C=O) groups is 1. The van der Waals surface area contributed by atoms with Gasteiger partial charge in [0.1, 0.15) is 5.75 Å². The zero-order chi connectivity index (χ0) is 17.2. The number of halogens is 3. The van der Waals surface area contributed by atoms with Crippen LogP contribution in [0.25, 0.3) is 0 Å². The van der Waals surface area contributed by atoms with Gasteiger partial charge in [0.25, 0.3) is 0 Å². The third-order valence-electron chi connectivity index (χ3n) is 3.90. The Bertz CT molecular complexity index is 739. The first kappa shape index (κ1) is 16.4. The highest BCUT2D eigenvalue weighted by Crippen LogP contribution is 2.25. The van der Waals surface area contributed by atoms with Crippen LogP contribution in [0.4, 0.5) is 18.9 Å². The van der Waals surface area contributed by atoms with Gasteiger partial charge in [0.05, 0.1) is 6.42 Å². The quantitative estimate of drug-likeness (QED) is 0.907. The van der Waals surface area contributed by atoms with Crippen molar-refractivity contribution in [3.8, 4) is 5.75 Å². The fourth-order valence-corrected chi connectivity index (χ4v) is 2.87. The molecule has 0 saturated carbocycles. The van der Waals surface area contributed by atoms with E-state index in [9.17, 15) is 18.0 Å². The van der Waals surface area contributed by atoms with Crippen LogP contribution < -0.4 is 10.1 Å². The van der Waals surface area contributed by atoms with Crippen LogP contribution in [0.1, 0.15) is 23.1 Å². The Morgan fingerprint density at radius 3 is 2.46 bits per heavy atom. The number of fused-ring (bicyclic) bond motifs is 1. The zero-order valence-electron chi connectivity index (χ0n) is 12.8. The molecule has 1 aliphatic carbocycles. The van der Waals surface area contributed by atoms with Crippen molar-refractivity contribution in [3.05, 3.63) is 59.2 Å². The van der Waals surface area contributed by atoms with Gasteiger partial charge in [0.15, 0.2) is 0 Å². The average molecular weight is 335 g/mol. The molecule has 0 spiro atoms. The van der Waals surface area contributed by atoms with E-state index in [4.69, 9.17) is 0 Å². The highest BCUT2D eigenvalue weighted by molar-refractivity contribution is 5.92. The van der Waals surface area contributed by atoms with Gasteiger partial charge >= 0.3 is 6.36 Å². The van der Waals surface area contributed by atoms with E-state index in [2.05, 4.69) is 22.2 Å². The van der Waals surface area contributed by atoms with E-state index in [-0.39, 0.29) is 18.1 Å². The molecule has 1 amide bonds. The summed E-state index contributed by atoms with van der Waals surface area (Å²) in [5.74, 6) is -0.531. The van der Waals surface area contributed by atoms with Crippen LogP contribution in [-0.2, 0) is 24.1 Å². The van der Waals surface area contributed by atoms with Gasteiger partial charge in [-0.2, -0.15) is 0 Å². The molecular weight excluding hydrogens is 319 g/mol. The van der Waals surface area contributed by atoms with Crippen LogP contribution in [0.15, 0.2) is 42.5 Å². The molecule has 3 nitrogen and oxygen atoms in total. The second-order valence-electron chi connectivity index (χ2n) is 5.75. The molecule has 0 radical (unpaired) electrons. The smallest absolute Gasteiger partial charge is 0.406 e. The van der Waals surface area contributed by atoms with Crippen molar-refractivity contribution in [2.75, 3.05) is 5.32 Å². The van der Waals surface area contributed by atoms with Gasteiger partial charge in [-0.05, 0) is 60.2 Å². The van der Waals surface area contributed by atoms with E-state index < -0.39 is 6.36 Å². The number of alkyl halides is 3. The fraction of sp³-hybridized carbons (Fsp3) is 0.278. The zero-order valence-corrected chi connectivity index (χ0v) is 12.8. The highest BCUT2D eigenvalue weighted by Gasteiger charge is 2.30. The highest BCUT2D eigenvalue weighted by atomic mass is 19.4. The van der Waals surface area contributed by atoms with E-state index in [1.807, 2.05) is 6.07 Å². The molecule has 1 aliphatic rings. The van der Waals surface area contributed by atoms with Crippen molar-refractivity contribution >= 4 is 11.6 Å². The summed E-state index contributed by atoms with van der Waals surface area (Å²) < 4.78 is 40.1. The van der Waals surface area contributed by atoms with E-state index in [0.29, 0.717) is 5.69 Å². The lowest BCUT2D eigenvalue weighted by molar-refractivity contribution is -0.274. The maximum absolute atomic E-state index is 12.1. The molecule has 1 N–H and O–H groups in total. The average Bonchev–Trinajstić information content (AvgIpc) is 2.95. The molecule has 0 unspecified atom stereocenters. The Morgan fingerprint density at radius 2 is 1.75 bits per heavy atom. The first-order valence-electron chi connectivity index (χ1n) is 7.65. The van der Waals surface area contributed by atoms with Gasteiger partial charge in [0.2, 0.25) is 5.91 Å². The molecular formula is C18H16F3NO2. The predicted octanol–water partition coefficient (Wildman–Crippen LogP) is 4.26. The van der Waals surface area contributed by atoms with Crippen molar-refractivity contribution < 1.29 is 22.7 Å². The monoisotopic (exact) mass is 335 g/mol. The third kappa shape index (κ3) is 4.28. The summed E-state index contributed by atoms with van der Waals surface area (Å²) in [4.78, 5) is 12.1. The summed E-state index contributed by atoms with van der Waals surface area (Å²) in [6.07, 6.45) is -1.21. The lowest BCUT2D eigenvalue weighted by Gasteiger charge is -2.10. The first-order valence-corrected chi connectivity index (χ1v) is 7.65. The summed E-state index contributed by atoms with van der Waals surface area (Å²) >= 11 is 0. The van der Waals surface area contributed by atoms with Crippen molar-refractivity contribution in [1.82, 2.24) is 0 Å².